The predicted molar refractivity (Wildman–Crippen MR) is 65.0 cm³/mol. The molecule has 4 heteroatoms. The zero-order valence-corrected chi connectivity index (χ0v) is 10.3. The van der Waals surface area contributed by atoms with Crippen LogP contribution in [0.15, 0.2) is 0 Å². The highest BCUT2D eigenvalue weighted by Gasteiger charge is 2.37. The Kier molecular flexibility index (Phi) is 3.68. The lowest BCUT2D eigenvalue weighted by atomic mass is 9.94. The smallest absolute Gasteiger partial charge is 0.224 e. The number of carbonyl (C=O) groups excluding carboxylic acids is 1. The number of carbonyl (C=O) groups is 1. The van der Waals surface area contributed by atoms with Gasteiger partial charge in [0, 0.05) is 24.5 Å². The third kappa shape index (κ3) is 3.19. The van der Waals surface area contributed by atoms with Gasteiger partial charge in [-0.05, 0) is 25.7 Å². The van der Waals surface area contributed by atoms with E-state index in [1.165, 1.54) is 0 Å². The van der Waals surface area contributed by atoms with Crippen LogP contribution in [0.25, 0.3) is 0 Å². The molecule has 94 valence electrons. The molecule has 0 bridgehead atoms. The minimum Gasteiger partial charge on any atom is -0.339 e. The van der Waals surface area contributed by atoms with E-state index in [4.69, 9.17) is 11.0 Å². The second-order valence-corrected chi connectivity index (χ2v) is 5.47. The topological polar surface area (TPSA) is 70.1 Å². The van der Waals surface area contributed by atoms with Gasteiger partial charge in [-0.2, -0.15) is 5.26 Å². The fourth-order valence-corrected chi connectivity index (χ4v) is 2.73. The maximum absolute atomic E-state index is 12.2. The molecule has 17 heavy (non-hydrogen) atoms. The molecular formula is C13H21N3O. The lowest BCUT2D eigenvalue weighted by Crippen LogP contribution is -2.44. The van der Waals surface area contributed by atoms with Crippen molar-refractivity contribution < 1.29 is 4.79 Å². The van der Waals surface area contributed by atoms with Crippen molar-refractivity contribution in [3.8, 4) is 6.07 Å². The van der Waals surface area contributed by atoms with Crippen LogP contribution in [-0.2, 0) is 4.79 Å². The van der Waals surface area contributed by atoms with Crippen LogP contribution in [0.4, 0.5) is 0 Å². The summed E-state index contributed by atoms with van der Waals surface area (Å²) in [7, 11) is 0. The molecule has 0 spiro atoms. The number of hydrogen-bond acceptors (Lipinski definition) is 3. The first-order valence-corrected chi connectivity index (χ1v) is 6.60. The minimum absolute atomic E-state index is 0.159. The van der Waals surface area contributed by atoms with Crippen molar-refractivity contribution >= 4 is 5.91 Å². The molecule has 2 N–H and O–H groups in total. The largest absolute Gasteiger partial charge is 0.339 e. The first kappa shape index (κ1) is 12.4. The maximum Gasteiger partial charge on any atom is 0.224 e. The molecular weight excluding hydrogens is 214 g/mol. The van der Waals surface area contributed by atoms with Gasteiger partial charge >= 0.3 is 0 Å². The van der Waals surface area contributed by atoms with E-state index in [1.807, 2.05) is 4.90 Å². The van der Waals surface area contributed by atoms with E-state index < -0.39 is 0 Å². The molecule has 0 aliphatic heterocycles. The molecule has 2 aliphatic carbocycles. The second kappa shape index (κ2) is 5.05. The van der Waals surface area contributed by atoms with E-state index in [2.05, 4.69) is 6.07 Å². The number of hydrogen-bond donors (Lipinski definition) is 1. The third-order valence-electron chi connectivity index (χ3n) is 3.88. The van der Waals surface area contributed by atoms with E-state index in [0.29, 0.717) is 25.4 Å². The van der Waals surface area contributed by atoms with E-state index in [0.717, 1.165) is 38.5 Å². The van der Waals surface area contributed by atoms with Gasteiger partial charge in [0.2, 0.25) is 5.91 Å². The lowest BCUT2D eigenvalue weighted by molar-refractivity contribution is -0.133. The molecule has 0 aromatic heterocycles. The summed E-state index contributed by atoms with van der Waals surface area (Å²) >= 11 is 0. The summed E-state index contributed by atoms with van der Waals surface area (Å²) in [4.78, 5) is 14.1. The molecule has 2 rings (SSSR count). The van der Waals surface area contributed by atoms with Crippen LogP contribution in [0, 0.1) is 11.3 Å². The predicted octanol–water partition coefficient (Wildman–Crippen LogP) is 1.55. The third-order valence-corrected chi connectivity index (χ3v) is 3.88. The van der Waals surface area contributed by atoms with Gasteiger partial charge in [0.25, 0.3) is 0 Å². The zero-order chi connectivity index (χ0) is 12.3. The van der Waals surface area contributed by atoms with Crippen molar-refractivity contribution in [3.63, 3.8) is 0 Å². The van der Waals surface area contributed by atoms with Crippen molar-refractivity contribution in [2.24, 2.45) is 5.73 Å². The normalized spacial score (nSPS) is 22.1. The van der Waals surface area contributed by atoms with Crippen molar-refractivity contribution in [3.05, 3.63) is 0 Å². The van der Waals surface area contributed by atoms with Crippen molar-refractivity contribution in [1.29, 1.82) is 5.26 Å². The van der Waals surface area contributed by atoms with Crippen LogP contribution < -0.4 is 5.73 Å². The van der Waals surface area contributed by atoms with E-state index in [-0.39, 0.29) is 11.4 Å². The monoisotopic (exact) mass is 235 g/mol. The van der Waals surface area contributed by atoms with Crippen molar-refractivity contribution in [2.75, 3.05) is 6.54 Å². The summed E-state index contributed by atoms with van der Waals surface area (Å²) in [5, 5.41) is 8.62. The Balaban J connectivity index is 1.89. The first-order chi connectivity index (χ1) is 8.14. The Morgan fingerprint density at radius 2 is 2.06 bits per heavy atom. The number of nitriles is 1. The summed E-state index contributed by atoms with van der Waals surface area (Å²) < 4.78 is 0. The van der Waals surface area contributed by atoms with Gasteiger partial charge in [0.1, 0.15) is 0 Å². The molecule has 0 unspecified atom stereocenters. The van der Waals surface area contributed by atoms with Gasteiger partial charge < -0.3 is 10.6 Å². The van der Waals surface area contributed by atoms with Crippen LogP contribution in [0.3, 0.4) is 0 Å². The molecule has 0 atom stereocenters. The zero-order valence-electron chi connectivity index (χ0n) is 10.3. The van der Waals surface area contributed by atoms with Gasteiger partial charge in [-0.3, -0.25) is 4.79 Å². The van der Waals surface area contributed by atoms with Gasteiger partial charge in [-0.15, -0.1) is 0 Å². The van der Waals surface area contributed by atoms with Crippen LogP contribution in [0.1, 0.15) is 51.4 Å². The van der Waals surface area contributed by atoms with Crippen LogP contribution in [0.2, 0.25) is 0 Å². The molecule has 0 saturated heterocycles. The highest BCUT2D eigenvalue weighted by Crippen LogP contribution is 2.33. The number of amides is 1. The SMILES string of the molecule is N#CCCN(C(=O)CC1(N)CCCC1)C1CC1. The summed E-state index contributed by atoms with van der Waals surface area (Å²) in [6.45, 7) is 0.579. The Morgan fingerprint density at radius 1 is 1.41 bits per heavy atom. The average molecular weight is 235 g/mol. The molecule has 2 fully saturated rings. The van der Waals surface area contributed by atoms with E-state index in [1.54, 1.807) is 0 Å². The fourth-order valence-electron chi connectivity index (χ4n) is 2.73. The Morgan fingerprint density at radius 3 is 2.59 bits per heavy atom. The Hall–Kier alpha value is -1.08. The number of nitrogens with zero attached hydrogens (tertiary/aromatic N) is 2. The van der Waals surface area contributed by atoms with E-state index in [9.17, 15) is 4.79 Å². The van der Waals surface area contributed by atoms with E-state index >= 15 is 0 Å². The molecule has 4 nitrogen and oxygen atoms in total. The van der Waals surface area contributed by atoms with Crippen LogP contribution in [0.5, 0.6) is 0 Å². The molecule has 0 aromatic carbocycles. The summed E-state index contributed by atoms with van der Waals surface area (Å²) in [5.41, 5.74) is 5.97. The molecule has 2 saturated carbocycles. The summed E-state index contributed by atoms with van der Waals surface area (Å²) in [6, 6.07) is 2.50. The molecule has 0 radical (unpaired) electrons. The molecule has 0 aromatic rings. The number of rotatable bonds is 5. The maximum atomic E-state index is 12.2. The standard InChI is InChI=1S/C13H21N3O/c14-8-3-9-16(11-4-5-11)12(17)10-13(15)6-1-2-7-13/h11H,1-7,9-10,15H2. The van der Waals surface area contributed by atoms with Gasteiger partial charge in [0.15, 0.2) is 0 Å². The molecule has 2 aliphatic rings. The van der Waals surface area contributed by atoms with Gasteiger partial charge in [-0.25, -0.2) is 0 Å². The Bertz CT molecular complexity index is 324. The first-order valence-electron chi connectivity index (χ1n) is 6.60. The minimum atomic E-state index is -0.267. The second-order valence-electron chi connectivity index (χ2n) is 5.47. The highest BCUT2D eigenvalue weighted by molar-refractivity contribution is 5.78. The fraction of sp³-hybridized carbons (Fsp3) is 0.846. The lowest BCUT2D eigenvalue weighted by Gasteiger charge is -2.28. The highest BCUT2D eigenvalue weighted by atomic mass is 16.2. The summed E-state index contributed by atoms with van der Waals surface area (Å²) in [5.74, 6) is 0.159. The summed E-state index contributed by atoms with van der Waals surface area (Å²) in [6.07, 6.45) is 7.31. The van der Waals surface area contributed by atoms with Crippen LogP contribution >= 0.6 is 0 Å². The quantitative estimate of drug-likeness (QED) is 0.786. The van der Waals surface area contributed by atoms with Crippen LogP contribution in [-0.4, -0.2) is 28.9 Å². The van der Waals surface area contributed by atoms with Gasteiger partial charge in [0.05, 0.1) is 12.5 Å². The van der Waals surface area contributed by atoms with Gasteiger partial charge in [-0.1, -0.05) is 12.8 Å². The van der Waals surface area contributed by atoms with Crippen molar-refractivity contribution in [2.45, 2.75) is 62.9 Å². The Labute approximate surface area is 103 Å². The molecule has 1 amide bonds. The van der Waals surface area contributed by atoms with Crippen molar-refractivity contribution in [1.82, 2.24) is 4.90 Å². The average Bonchev–Trinajstić information content (AvgIpc) is 3.02. The number of nitrogens with two attached hydrogens (primary N) is 1. The molecule has 0 heterocycles.